The Morgan fingerprint density at radius 1 is 1.47 bits per heavy atom. The third-order valence-corrected chi connectivity index (χ3v) is 4.24. The van der Waals surface area contributed by atoms with Crippen LogP contribution in [0.2, 0.25) is 0 Å². The minimum Gasteiger partial charge on any atom is -0.481 e. The third kappa shape index (κ3) is 4.38. The summed E-state index contributed by atoms with van der Waals surface area (Å²) in [7, 11) is 1.50. The summed E-state index contributed by atoms with van der Waals surface area (Å²) in [6.45, 7) is 1.10. The number of carbonyl (C=O) groups is 2. The molecule has 0 bridgehead atoms. The summed E-state index contributed by atoms with van der Waals surface area (Å²) in [5.41, 5.74) is -0.928. The van der Waals surface area contributed by atoms with Gasteiger partial charge >= 0.3 is 5.97 Å². The Labute approximate surface area is 118 Å². The van der Waals surface area contributed by atoms with Crippen LogP contribution in [0.5, 0.6) is 0 Å². The average molecular weight is 289 g/mol. The molecule has 0 spiro atoms. The zero-order chi connectivity index (χ0) is 14.3. The molecule has 6 heteroatoms. The SMILES string of the molecule is COCC1(C(=O)O)CCCN(C(=O)CCCSC)C1. The topological polar surface area (TPSA) is 66.8 Å². The van der Waals surface area contributed by atoms with Crippen LogP contribution in [-0.2, 0) is 14.3 Å². The van der Waals surface area contributed by atoms with Crippen molar-refractivity contribution in [3.63, 3.8) is 0 Å². The molecule has 5 nitrogen and oxygen atoms in total. The average Bonchev–Trinajstić information content (AvgIpc) is 2.39. The molecule has 1 fully saturated rings. The molecular weight excluding hydrogens is 266 g/mol. The number of carboxylic acids is 1. The van der Waals surface area contributed by atoms with E-state index in [1.54, 1.807) is 16.7 Å². The van der Waals surface area contributed by atoms with Gasteiger partial charge in [0, 0.05) is 26.6 Å². The number of carbonyl (C=O) groups excluding carboxylic acids is 1. The molecule has 1 heterocycles. The highest BCUT2D eigenvalue weighted by molar-refractivity contribution is 7.98. The predicted molar refractivity (Wildman–Crippen MR) is 75.4 cm³/mol. The number of ether oxygens (including phenoxy) is 1. The number of likely N-dealkylation sites (tertiary alicyclic amines) is 1. The van der Waals surface area contributed by atoms with E-state index >= 15 is 0 Å². The van der Waals surface area contributed by atoms with Gasteiger partial charge in [0.15, 0.2) is 0 Å². The first-order valence-corrected chi connectivity index (χ1v) is 7.94. The summed E-state index contributed by atoms with van der Waals surface area (Å²) in [5.74, 6) is 0.160. The van der Waals surface area contributed by atoms with Crippen molar-refractivity contribution in [1.82, 2.24) is 4.90 Å². The number of hydrogen-bond acceptors (Lipinski definition) is 4. The number of thioether (sulfide) groups is 1. The number of hydrogen-bond donors (Lipinski definition) is 1. The predicted octanol–water partition coefficient (Wildman–Crippen LogP) is 1.47. The van der Waals surface area contributed by atoms with E-state index in [0.717, 1.165) is 18.6 Å². The van der Waals surface area contributed by atoms with E-state index in [1.807, 2.05) is 6.26 Å². The van der Waals surface area contributed by atoms with E-state index in [-0.39, 0.29) is 19.1 Å². The van der Waals surface area contributed by atoms with Crippen LogP contribution in [0.25, 0.3) is 0 Å². The van der Waals surface area contributed by atoms with Crippen LogP contribution in [0.15, 0.2) is 0 Å². The van der Waals surface area contributed by atoms with Crippen LogP contribution < -0.4 is 0 Å². The van der Waals surface area contributed by atoms with Gasteiger partial charge in [-0.2, -0.15) is 11.8 Å². The van der Waals surface area contributed by atoms with Gasteiger partial charge in [-0.15, -0.1) is 0 Å². The fourth-order valence-electron chi connectivity index (χ4n) is 2.50. The van der Waals surface area contributed by atoms with Crippen LogP contribution in [-0.4, -0.2) is 60.7 Å². The lowest BCUT2D eigenvalue weighted by molar-refractivity contribution is -0.159. The number of aliphatic carboxylic acids is 1. The van der Waals surface area contributed by atoms with Crippen molar-refractivity contribution in [2.24, 2.45) is 5.41 Å². The van der Waals surface area contributed by atoms with Crippen molar-refractivity contribution < 1.29 is 19.4 Å². The molecule has 1 N–H and O–H groups in total. The zero-order valence-electron chi connectivity index (χ0n) is 11.7. The monoisotopic (exact) mass is 289 g/mol. The molecule has 0 saturated carbocycles. The van der Waals surface area contributed by atoms with E-state index in [0.29, 0.717) is 19.4 Å². The lowest BCUT2D eigenvalue weighted by Gasteiger charge is -2.39. The Kier molecular flexibility index (Phi) is 6.65. The van der Waals surface area contributed by atoms with E-state index in [2.05, 4.69) is 0 Å². The number of methoxy groups -OCH3 is 1. The fraction of sp³-hybridized carbons (Fsp3) is 0.846. The van der Waals surface area contributed by atoms with Crippen LogP contribution >= 0.6 is 11.8 Å². The molecule has 1 amide bonds. The van der Waals surface area contributed by atoms with Crippen LogP contribution in [0.3, 0.4) is 0 Å². The zero-order valence-corrected chi connectivity index (χ0v) is 12.5. The number of piperidine rings is 1. The summed E-state index contributed by atoms with van der Waals surface area (Å²) >= 11 is 1.72. The number of amides is 1. The molecule has 1 saturated heterocycles. The van der Waals surface area contributed by atoms with Crippen LogP contribution in [0, 0.1) is 5.41 Å². The van der Waals surface area contributed by atoms with Crippen molar-refractivity contribution in [1.29, 1.82) is 0 Å². The molecular formula is C13H23NO4S. The van der Waals surface area contributed by atoms with Crippen molar-refractivity contribution in [2.75, 3.05) is 38.8 Å². The Morgan fingerprint density at radius 2 is 2.21 bits per heavy atom. The van der Waals surface area contributed by atoms with Crippen molar-refractivity contribution in [3.05, 3.63) is 0 Å². The molecule has 1 atom stereocenters. The quantitative estimate of drug-likeness (QED) is 0.719. The molecule has 0 aromatic heterocycles. The van der Waals surface area contributed by atoms with Gasteiger partial charge in [-0.1, -0.05) is 0 Å². The summed E-state index contributed by atoms with van der Waals surface area (Å²) in [4.78, 5) is 25.2. The fourth-order valence-corrected chi connectivity index (χ4v) is 2.93. The highest BCUT2D eigenvalue weighted by Crippen LogP contribution is 2.31. The largest absolute Gasteiger partial charge is 0.481 e. The third-order valence-electron chi connectivity index (χ3n) is 3.54. The number of rotatable bonds is 7. The second kappa shape index (κ2) is 7.75. The Hall–Kier alpha value is -0.750. The Bertz CT molecular complexity index is 320. The maximum atomic E-state index is 12.1. The summed E-state index contributed by atoms with van der Waals surface area (Å²) < 4.78 is 5.05. The lowest BCUT2D eigenvalue weighted by Crippen LogP contribution is -2.52. The number of nitrogens with zero attached hydrogens (tertiary/aromatic N) is 1. The van der Waals surface area contributed by atoms with E-state index in [4.69, 9.17) is 4.74 Å². The molecule has 110 valence electrons. The van der Waals surface area contributed by atoms with Crippen molar-refractivity contribution in [3.8, 4) is 0 Å². The van der Waals surface area contributed by atoms with Gasteiger partial charge in [0.25, 0.3) is 0 Å². The van der Waals surface area contributed by atoms with Gasteiger partial charge in [-0.05, 0) is 31.3 Å². The molecule has 0 aliphatic carbocycles. The highest BCUT2D eigenvalue weighted by atomic mass is 32.2. The standard InChI is InChI=1S/C13H23NO4S/c1-18-10-13(12(16)17)6-4-7-14(9-13)11(15)5-3-8-19-2/h3-10H2,1-2H3,(H,16,17). The molecule has 0 radical (unpaired) electrons. The number of carboxylic acid groups (broad SMARTS) is 1. The van der Waals surface area contributed by atoms with Gasteiger partial charge in [0.1, 0.15) is 5.41 Å². The molecule has 1 unspecified atom stereocenters. The first-order valence-electron chi connectivity index (χ1n) is 6.55. The van der Waals surface area contributed by atoms with Gasteiger partial charge in [0.2, 0.25) is 5.91 Å². The summed E-state index contributed by atoms with van der Waals surface area (Å²) in [6.07, 6.45) is 4.67. The minimum absolute atomic E-state index is 0.0653. The van der Waals surface area contributed by atoms with Gasteiger partial charge < -0.3 is 14.7 Å². The first kappa shape index (κ1) is 16.3. The second-order valence-corrected chi connectivity index (χ2v) is 6.02. The smallest absolute Gasteiger partial charge is 0.313 e. The molecule has 0 aromatic carbocycles. The normalized spacial score (nSPS) is 23.4. The maximum Gasteiger partial charge on any atom is 0.313 e. The van der Waals surface area contributed by atoms with E-state index in [1.165, 1.54) is 7.11 Å². The summed E-state index contributed by atoms with van der Waals surface area (Å²) in [5, 5.41) is 9.41. The van der Waals surface area contributed by atoms with E-state index < -0.39 is 11.4 Å². The second-order valence-electron chi connectivity index (χ2n) is 5.03. The van der Waals surface area contributed by atoms with Crippen LogP contribution in [0.4, 0.5) is 0 Å². The van der Waals surface area contributed by atoms with Crippen molar-refractivity contribution >= 4 is 23.6 Å². The molecule has 19 heavy (non-hydrogen) atoms. The van der Waals surface area contributed by atoms with Gasteiger partial charge in [0.05, 0.1) is 6.61 Å². The molecule has 0 aromatic rings. The lowest BCUT2D eigenvalue weighted by atomic mass is 9.80. The van der Waals surface area contributed by atoms with E-state index in [9.17, 15) is 14.7 Å². The van der Waals surface area contributed by atoms with Crippen molar-refractivity contribution in [2.45, 2.75) is 25.7 Å². The summed E-state index contributed by atoms with van der Waals surface area (Å²) in [6, 6.07) is 0. The molecule has 1 aliphatic heterocycles. The highest BCUT2D eigenvalue weighted by Gasteiger charge is 2.43. The van der Waals surface area contributed by atoms with Crippen LogP contribution in [0.1, 0.15) is 25.7 Å². The first-order chi connectivity index (χ1) is 9.05. The minimum atomic E-state index is -0.928. The Morgan fingerprint density at radius 3 is 2.79 bits per heavy atom. The van der Waals surface area contributed by atoms with Gasteiger partial charge in [-0.3, -0.25) is 9.59 Å². The molecule has 1 aliphatic rings. The Balaban J connectivity index is 2.61. The molecule has 1 rings (SSSR count). The maximum absolute atomic E-state index is 12.1. The van der Waals surface area contributed by atoms with Gasteiger partial charge in [-0.25, -0.2) is 0 Å².